The zero-order valence-corrected chi connectivity index (χ0v) is 15.4. The molecule has 1 aromatic heterocycles. The molecule has 0 radical (unpaired) electrons. The molecular formula is C18H20F3N3O2S. The van der Waals surface area contributed by atoms with E-state index in [4.69, 9.17) is 0 Å². The zero-order valence-electron chi connectivity index (χ0n) is 14.5. The van der Waals surface area contributed by atoms with Gasteiger partial charge in [-0.25, -0.2) is 4.79 Å². The molecule has 1 saturated heterocycles. The minimum atomic E-state index is -4.71. The van der Waals surface area contributed by atoms with Crippen molar-refractivity contribution in [2.24, 2.45) is 0 Å². The molecule has 27 heavy (non-hydrogen) atoms. The fourth-order valence-electron chi connectivity index (χ4n) is 2.83. The lowest BCUT2D eigenvalue weighted by atomic mass is 10.2. The Kier molecular flexibility index (Phi) is 6.22. The maximum Gasteiger partial charge on any atom is 0.573 e. The predicted molar refractivity (Wildman–Crippen MR) is 96.5 cm³/mol. The lowest BCUT2D eigenvalue weighted by Gasteiger charge is -2.34. The third kappa shape index (κ3) is 6.14. The third-order valence-electron chi connectivity index (χ3n) is 4.22. The van der Waals surface area contributed by atoms with E-state index in [1.54, 1.807) is 16.2 Å². The van der Waals surface area contributed by atoms with Gasteiger partial charge in [0.1, 0.15) is 5.75 Å². The summed E-state index contributed by atoms with van der Waals surface area (Å²) in [7, 11) is 0. The Morgan fingerprint density at radius 3 is 2.41 bits per heavy atom. The standard InChI is InChI=1S/C18H20F3N3O2S/c19-18(20,21)26-15-5-3-14(4-6-15)12-22-17(25)24-9-7-23(8-10-24)13-16-2-1-11-27-16/h1-6,11H,7-10,12-13H2,(H,22,25). The van der Waals surface area contributed by atoms with Crippen LogP contribution in [0.3, 0.4) is 0 Å². The third-order valence-corrected chi connectivity index (χ3v) is 5.08. The molecule has 1 aromatic carbocycles. The Balaban J connectivity index is 1.41. The topological polar surface area (TPSA) is 44.8 Å². The van der Waals surface area contributed by atoms with Gasteiger partial charge in [-0.2, -0.15) is 0 Å². The lowest BCUT2D eigenvalue weighted by molar-refractivity contribution is -0.274. The molecule has 0 saturated carbocycles. The number of hydrogen-bond donors (Lipinski definition) is 1. The number of thiophene rings is 1. The number of hydrogen-bond acceptors (Lipinski definition) is 4. The number of nitrogens with zero attached hydrogens (tertiary/aromatic N) is 2. The van der Waals surface area contributed by atoms with Gasteiger partial charge in [-0.05, 0) is 29.1 Å². The number of halogens is 3. The van der Waals surface area contributed by atoms with E-state index in [1.807, 2.05) is 6.07 Å². The molecule has 0 spiro atoms. The molecule has 146 valence electrons. The van der Waals surface area contributed by atoms with Crippen LogP contribution in [0.1, 0.15) is 10.4 Å². The first kappa shape index (κ1) is 19.5. The van der Waals surface area contributed by atoms with Crippen LogP contribution in [0, 0.1) is 0 Å². The van der Waals surface area contributed by atoms with Gasteiger partial charge in [-0.15, -0.1) is 24.5 Å². The summed E-state index contributed by atoms with van der Waals surface area (Å²) >= 11 is 1.73. The van der Waals surface area contributed by atoms with Crippen molar-refractivity contribution in [2.75, 3.05) is 26.2 Å². The molecule has 5 nitrogen and oxygen atoms in total. The van der Waals surface area contributed by atoms with Gasteiger partial charge in [0, 0.05) is 44.1 Å². The summed E-state index contributed by atoms with van der Waals surface area (Å²) < 4.78 is 40.3. The fraction of sp³-hybridized carbons (Fsp3) is 0.389. The number of carbonyl (C=O) groups excluding carboxylic acids is 1. The number of piperazine rings is 1. The van der Waals surface area contributed by atoms with Crippen molar-refractivity contribution < 1.29 is 22.7 Å². The van der Waals surface area contributed by atoms with Gasteiger partial charge in [0.05, 0.1) is 0 Å². The van der Waals surface area contributed by atoms with Crippen LogP contribution >= 0.6 is 11.3 Å². The average molecular weight is 399 g/mol. The van der Waals surface area contributed by atoms with Gasteiger partial charge in [0.25, 0.3) is 0 Å². The largest absolute Gasteiger partial charge is 0.573 e. The second-order valence-electron chi connectivity index (χ2n) is 6.19. The molecule has 0 bridgehead atoms. The van der Waals surface area contributed by atoms with Crippen molar-refractivity contribution in [3.05, 3.63) is 52.2 Å². The van der Waals surface area contributed by atoms with Crippen LogP contribution < -0.4 is 10.1 Å². The summed E-state index contributed by atoms with van der Waals surface area (Å²) in [5, 5.41) is 4.86. The van der Waals surface area contributed by atoms with Crippen LogP contribution in [0.5, 0.6) is 5.75 Å². The minimum Gasteiger partial charge on any atom is -0.406 e. The van der Waals surface area contributed by atoms with E-state index in [1.165, 1.54) is 29.1 Å². The predicted octanol–water partition coefficient (Wildman–Crippen LogP) is 3.67. The van der Waals surface area contributed by atoms with Gasteiger partial charge >= 0.3 is 12.4 Å². The van der Waals surface area contributed by atoms with E-state index in [9.17, 15) is 18.0 Å². The molecule has 0 aliphatic carbocycles. The van der Waals surface area contributed by atoms with Crippen LogP contribution in [0.2, 0.25) is 0 Å². The van der Waals surface area contributed by atoms with Crippen molar-refractivity contribution >= 4 is 17.4 Å². The van der Waals surface area contributed by atoms with Crippen molar-refractivity contribution in [3.63, 3.8) is 0 Å². The van der Waals surface area contributed by atoms with Gasteiger partial charge in [-0.3, -0.25) is 4.90 Å². The Morgan fingerprint density at radius 1 is 1.11 bits per heavy atom. The highest BCUT2D eigenvalue weighted by atomic mass is 32.1. The van der Waals surface area contributed by atoms with Crippen LogP contribution in [0.25, 0.3) is 0 Å². The van der Waals surface area contributed by atoms with Crippen LogP contribution in [-0.4, -0.2) is 48.4 Å². The molecule has 2 amide bonds. The molecule has 2 heterocycles. The highest BCUT2D eigenvalue weighted by Crippen LogP contribution is 2.22. The van der Waals surface area contributed by atoms with Gasteiger partial charge < -0.3 is 15.0 Å². The fourth-order valence-corrected chi connectivity index (χ4v) is 3.58. The molecule has 1 N–H and O–H groups in total. The molecule has 2 aromatic rings. The van der Waals surface area contributed by atoms with Crippen LogP contribution in [0.4, 0.5) is 18.0 Å². The first-order valence-electron chi connectivity index (χ1n) is 8.51. The number of benzene rings is 1. The molecular weight excluding hydrogens is 379 g/mol. The molecule has 1 fully saturated rings. The Labute approximate surface area is 159 Å². The maximum atomic E-state index is 12.3. The zero-order chi connectivity index (χ0) is 19.3. The second kappa shape index (κ2) is 8.62. The maximum absolute atomic E-state index is 12.3. The minimum absolute atomic E-state index is 0.165. The summed E-state index contributed by atoms with van der Waals surface area (Å²) in [6, 6.07) is 9.44. The van der Waals surface area contributed by atoms with Crippen molar-refractivity contribution in [1.82, 2.24) is 15.1 Å². The van der Waals surface area contributed by atoms with Gasteiger partial charge in [0.15, 0.2) is 0 Å². The normalized spacial score (nSPS) is 15.6. The molecule has 0 atom stereocenters. The van der Waals surface area contributed by atoms with Crippen LogP contribution in [-0.2, 0) is 13.1 Å². The van der Waals surface area contributed by atoms with E-state index in [0.717, 1.165) is 19.6 Å². The van der Waals surface area contributed by atoms with Gasteiger partial charge in [-0.1, -0.05) is 18.2 Å². The first-order valence-corrected chi connectivity index (χ1v) is 9.39. The SMILES string of the molecule is O=C(NCc1ccc(OC(F)(F)F)cc1)N1CCN(Cc2cccs2)CC1. The highest BCUT2D eigenvalue weighted by Gasteiger charge is 2.31. The van der Waals surface area contributed by atoms with Crippen molar-refractivity contribution in [2.45, 2.75) is 19.5 Å². The smallest absolute Gasteiger partial charge is 0.406 e. The number of carbonyl (C=O) groups is 1. The second-order valence-corrected chi connectivity index (χ2v) is 7.23. The Morgan fingerprint density at radius 2 is 1.81 bits per heavy atom. The summed E-state index contributed by atoms with van der Waals surface area (Å²) in [6.45, 7) is 4.08. The number of nitrogens with one attached hydrogen (secondary N) is 1. The van der Waals surface area contributed by atoms with Gasteiger partial charge in [0.2, 0.25) is 0 Å². The summed E-state index contributed by atoms with van der Waals surface area (Å²) in [6.07, 6.45) is -4.71. The van der Waals surface area contributed by atoms with Crippen LogP contribution in [0.15, 0.2) is 41.8 Å². The molecule has 3 rings (SSSR count). The quantitative estimate of drug-likeness (QED) is 0.834. The molecule has 1 aliphatic rings. The lowest BCUT2D eigenvalue weighted by Crippen LogP contribution is -2.51. The first-order chi connectivity index (χ1) is 12.9. The van der Waals surface area contributed by atoms with E-state index < -0.39 is 6.36 Å². The van der Waals surface area contributed by atoms with Crippen molar-refractivity contribution in [1.29, 1.82) is 0 Å². The number of amides is 2. The number of alkyl halides is 3. The van der Waals surface area contributed by atoms with E-state index in [-0.39, 0.29) is 18.3 Å². The highest BCUT2D eigenvalue weighted by molar-refractivity contribution is 7.09. The molecule has 0 unspecified atom stereocenters. The Bertz CT molecular complexity index is 727. The number of urea groups is 1. The summed E-state index contributed by atoms with van der Waals surface area (Å²) in [4.78, 5) is 17.7. The summed E-state index contributed by atoms with van der Waals surface area (Å²) in [5.41, 5.74) is 0.703. The summed E-state index contributed by atoms with van der Waals surface area (Å²) in [5.74, 6) is -0.278. The van der Waals surface area contributed by atoms with E-state index in [2.05, 4.69) is 26.4 Å². The molecule has 1 aliphatic heterocycles. The molecule has 9 heteroatoms. The van der Waals surface area contributed by atoms with E-state index in [0.29, 0.717) is 18.7 Å². The number of ether oxygens (including phenoxy) is 1. The monoisotopic (exact) mass is 399 g/mol. The van der Waals surface area contributed by atoms with Crippen molar-refractivity contribution in [3.8, 4) is 5.75 Å². The Hall–Kier alpha value is -2.26. The number of rotatable bonds is 5. The van der Waals surface area contributed by atoms with E-state index >= 15 is 0 Å². The average Bonchev–Trinajstić information content (AvgIpc) is 3.13.